The molecule has 5 atom stereocenters. The Kier molecular flexibility index (Phi) is 23.0. The van der Waals surface area contributed by atoms with E-state index < -0.39 is 11.9 Å². The van der Waals surface area contributed by atoms with Crippen molar-refractivity contribution in [2.45, 2.75) is 272 Å². The molecular weight excluding hydrogens is 749 g/mol. The maximum absolute atomic E-state index is 12.9. The zero-order valence-corrected chi connectivity index (χ0v) is 44.4. The molecule has 1 aliphatic carbocycles. The van der Waals surface area contributed by atoms with Crippen molar-refractivity contribution >= 4 is 11.9 Å². The maximum atomic E-state index is 12.9. The monoisotopic (exact) mass is 857 g/mol. The highest BCUT2D eigenvalue weighted by atomic mass is 16.4. The predicted molar refractivity (Wildman–Crippen MR) is 266 cm³/mol. The predicted octanol–water partition coefficient (Wildman–Crippen LogP) is 18.4. The van der Waals surface area contributed by atoms with Crippen molar-refractivity contribution in [1.29, 1.82) is 0 Å². The Morgan fingerprint density at radius 3 is 1.11 bits per heavy atom. The highest BCUT2D eigenvalue weighted by molar-refractivity contribution is 5.68. The lowest BCUT2D eigenvalue weighted by molar-refractivity contribution is -0.144. The number of carboxylic acids is 2. The molecule has 0 aliphatic heterocycles. The summed E-state index contributed by atoms with van der Waals surface area (Å²) in [5, 5.41) is 21.0. The molecule has 0 amide bonds. The Morgan fingerprint density at radius 2 is 0.787 bits per heavy atom. The number of hydrogen-bond acceptors (Lipinski definition) is 2. The van der Waals surface area contributed by atoms with Gasteiger partial charge in [0.1, 0.15) is 0 Å². The second-order valence-corrected chi connectivity index (χ2v) is 22.8. The molecule has 0 aromatic rings. The van der Waals surface area contributed by atoms with Crippen molar-refractivity contribution in [2.24, 2.45) is 67.0 Å². The minimum Gasteiger partial charge on any atom is -0.481 e. The van der Waals surface area contributed by atoms with Crippen molar-refractivity contribution in [1.82, 2.24) is 0 Å². The molecule has 360 valence electrons. The van der Waals surface area contributed by atoms with Crippen LogP contribution in [-0.2, 0) is 9.59 Å². The number of aliphatic carboxylic acids is 2. The fourth-order valence-corrected chi connectivity index (χ4v) is 14.2. The van der Waals surface area contributed by atoms with Crippen LogP contribution in [0.15, 0.2) is 12.2 Å². The van der Waals surface area contributed by atoms with Gasteiger partial charge in [0.25, 0.3) is 0 Å². The molecule has 2 N–H and O–H groups in total. The molecule has 4 nitrogen and oxygen atoms in total. The van der Waals surface area contributed by atoms with Gasteiger partial charge in [-0.3, -0.25) is 9.59 Å². The van der Waals surface area contributed by atoms with E-state index in [2.05, 4.69) is 137 Å². The molecular formula is C57H108O4. The number of allylic oxidation sites excluding steroid dienone is 2. The summed E-state index contributed by atoms with van der Waals surface area (Å²) in [5.74, 6) is 0.155. The third-order valence-electron chi connectivity index (χ3n) is 20.7. The number of carboxylic acid groups (broad SMARTS) is 2. The summed E-state index contributed by atoms with van der Waals surface area (Å²) in [6.07, 6.45) is 28.7. The first-order chi connectivity index (χ1) is 28.5. The largest absolute Gasteiger partial charge is 0.481 e. The van der Waals surface area contributed by atoms with Gasteiger partial charge in [-0.15, -0.1) is 0 Å². The van der Waals surface area contributed by atoms with Gasteiger partial charge in [0.05, 0.1) is 12.8 Å². The van der Waals surface area contributed by atoms with Crippen LogP contribution in [-0.4, -0.2) is 22.2 Å². The van der Waals surface area contributed by atoms with Crippen molar-refractivity contribution in [3.8, 4) is 0 Å². The van der Waals surface area contributed by atoms with E-state index in [0.717, 1.165) is 70.6 Å². The Morgan fingerprint density at radius 1 is 0.426 bits per heavy atom. The summed E-state index contributed by atoms with van der Waals surface area (Å²) < 4.78 is 0. The molecule has 0 saturated heterocycles. The van der Waals surface area contributed by atoms with Gasteiger partial charge in [-0.1, -0.05) is 195 Å². The maximum Gasteiger partial charge on any atom is 0.303 e. The SMILES string of the molecule is CCC(C)(CC)CC(CC)(CC)CCC1C(C(C)(CC)CC(C)(CC)CC)C=CC(C(CC)(CC)CC(CC)(CC)CC(=O)O)C1C(CC)(CC)CC(CC)(CC)CC(=O)O. The lowest BCUT2D eigenvalue weighted by atomic mass is 9.43. The molecule has 61 heavy (non-hydrogen) atoms. The van der Waals surface area contributed by atoms with Crippen molar-refractivity contribution in [2.75, 3.05) is 0 Å². The topological polar surface area (TPSA) is 74.6 Å². The van der Waals surface area contributed by atoms with E-state index in [0.29, 0.717) is 23.2 Å². The standard InChI is InChI=1S/C57H108O4/c1-19-50(16,20-2)40-52(18,23-5)45-34-35-46(56(30-12,31-13)42-54(26-8,27-9)38-47(58)59)49(57(32-14,33-15)43-55(28-10,29-11)39-48(60)61)44(45)36-37-53(24-6,25-7)41-51(17,21-3)22-4/h34-35,44-46,49H,19-33,36-43H2,1-18H3,(H,58,59)(H,60,61). The van der Waals surface area contributed by atoms with Crippen molar-refractivity contribution < 1.29 is 19.8 Å². The van der Waals surface area contributed by atoms with Crippen molar-refractivity contribution in [3.63, 3.8) is 0 Å². The van der Waals surface area contributed by atoms with Gasteiger partial charge in [-0.25, -0.2) is 0 Å². The normalized spacial score (nSPS) is 20.8. The second-order valence-electron chi connectivity index (χ2n) is 22.8. The van der Waals surface area contributed by atoms with Crippen molar-refractivity contribution in [3.05, 3.63) is 12.2 Å². The zero-order valence-electron chi connectivity index (χ0n) is 44.4. The molecule has 1 rings (SSSR count). The average Bonchev–Trinajstić information content (AvgIpc) is 3.27. The summed E-state index contributed by atoms with van der Waals surface area (Å²) >= 11 is 0. The first-order valence-corrected chi connectivity index (χ1v) is 26.6. The number of hydrogen-bond donors (Lipinski definition) is 2. The molecule has 0 aromatic heterocycles. The molecule has 0 heterocycles. The van der Waals surface area contributed by atoms with Gasteiger partial charge in [-0.2, -0.15) is 0 Å². The van der Waals surface area contributed by atoms with Crippen LogP contribution < -0.4 is 0 Å². The van der Waals surface area contributed by atoms with Crippen LogP contribution >= 0.6 is 0 Å². The van der Waals surface area contributed by atoms with E-state index in [1.165, 1.54) is 64.2 Å². The van der Waals surface area contributed by atoms with Gasteiger partial charge < -0.3 is 10.2 Å². The molecule has 0 aromatic carbocycles. The third-order valence-corrected chi connectivity index (χ3v) is 20.7. The van der Waals surface area contributed by atoms with Crippen LogP contribution in [0, 0.1) is 67.0 Å². The van der Waals surface area contributed by atoms with E-state index in [9.17, 15) is 19.8 Å². The summed E-state index contributed by atoms with van der Waals surface area (Å²) in [5.41, 5.74) is 0.274. The van der Waals surface area contributed by atoms with E-state index in [-0.39, 0.29) is 56.7 Å². The van der Waals surface area contributed by atoms with Gasteiger partial charge in [0.2, 0.25) is 0 Å². The second kappa shape index (κ2) is 24.3. The number of rotatable bonds is 33. The Balaban J connectivity index is 4.72. The molecule has 0 bridgehead atoms. The summed E-state index contributed by atoms with van der Waals surface area (Å²) in [6, 6.07) is 0. The highest BCUT2D eigenvalue weighted by Gasteiger charge is 2.58. The molecule has 0 radical (unpaired) electrons. The summed E-state index contributed by atoms with van der Waals surface area (Å²) in [4.78, 5) is 25.6. The van der Waals surface area contributed by atoms with E-state index in [4.69, 9.17) is 0 Å². The zero-order chi connectivity index (χ0) is 47.1. The van der Waals surface area contributed by atoms with Crippen LogP contribution in [0.3, 0.4) is 0 Å². The van der Waals surface area contributed by atoms with Gasteiger partial charge in [0, 0.05) is 0 Å². The van der Waals surface area contributed by atoms with Gasteiger partial charge >= 0.3 is 11.9 Å². The van der Waals surface area contributed by atoms with E-state index in [1.807, 2.05) is 0 Å². The Bertz CT molecular complexity index is 1300. The smallest absolute Gasteiger partial charge is 0.303 e. The minimum absolute atomic E-state index is 0.0702. The first-order valence-electron chi connectivity index (χ1n) is 26.6. The first kappa shape index (κ1) is 57.7. The molecule has 0 fully saturated rings. The van der Waals surface area contributed by atoms with Gasteiger partial charge in [0.15, 0.2) is 0 Å². The molecule has 1 aliphatic rings. The van der Waals surface area contributed by atoms with Gasteiger partial charge in [-0.05, 0) is 144 Å². The molecule has 0 spiro atoms. The van der Waals surface area contributed by atoms with E-state index in [1.54, 1.807) is 0 Å². The molecule has 5 unspecified atom stereocenters. The molecule has 0 saturated carbocycles. The highest BCUT2D eigenvalue weighted by Crippen LogP contribution is 2.66. The fourth-order valence-electron chi connectivity index (χ4n) is 14.2. The summed E-state index contributed by atoms with van der Waals surface area (Å²) in [7, 11) is 0. The van der Waals surface area contributed by atoms with Crippen LogP contribution in [0.25, 0.3) is 0 Å². The van der Waals surface area contributed by atoms with Crippen LogP contribution in [0.4, 0.5) is 0 Å². The Labute approximate surface area is 381 Å². The molecule has 4 heteroatoms. The summed E-state index contributed by atoms with van der Waals surface area (Å²) in [6.45, 7) is 43.5. The van der Waals surface area contributed by atoms with Crippen LogP contribution in [0.1, 0.15) is 272 Å². The average molecular weight is 857 g/mol. The Hall–Kier alpha value is -1.32. The van der Waals surface area contributed by atoms with Crippen LogP contribution in [0.2, 0.25) is 0 Å². The quantitative estimate of drug-likeness (QED) is 0.0645. The minimum atomic E-state index is -0.672. The van der Waals surface area contributed by atoms with E-state index >= 15 is 0 Å². The number of carbonyl (C=O) groups is 2. The fraction of sp³-hybridized carbons (Fsp3) is 0.930. The lowest BCUT2D eigenvalue weighted by Gasteiger charge is -2.61. The third kappa shape index (κ3) is 13.4. The lowest BCUT2D eigenvalue weighted by Crippen LogP contribution is -2.54. The van der Waals surface area contributed by atoms with Crippen LogP contribution in [0.5, 0.6) is 0 Å².